The molecule has 38 heavy (non-hydrogen) atoms. The molecule has 2 fully saturated rings. The van der Waals surface area contributed by atoms with E-state index in [0.29, 0.717) is 27.7 Å². The van der Waals surface area contributed by atoms with Crippen molar-refractivity contribution in [1.82, 2.24) is 0 Å². The Morgan fingerprint density at radius 2 is 1.42 bits per heavy atom. The van der Waals surface area contributed by atoms with Crippen molar-refractivity contribution in [2.75, 3.05) is 9.96 Å². The van der Waals surface area contributed by atoms with Gasteiger partial charge in [-0.05, 0) is 60.2 Å². The number of nitrogens with zero attached hydrogens (tertiary/aromatic N) is 2. The Balaban J connectivity index is 1.33. The van der Waals surface area contributed by atoms with Crippen molar-refractivity contribution in [3.63, 3.8) is 0 Å². The first kappa shape index (κ1) is 23.9. The summed E-state index contributed by atoms with van der Waals surface area (Å²) in [5, 5.41) is 2.04. The summed E-state index contributed by atoms with van der Waals surface area (Å²) in [7, 11) is 0. The number of amides is 2. The number of esters is 1. The van der Waals surface area contributed by atoms with Crippen LogP contribution >= 0.6 is 11.6 Å². The van der Waals surface area contributed by atoms with Crippen LogP contribution in [0.25, 0.3) is 0 Å². The normalized spacial score (nSPS) is 20.5. The van der Waals surface area contributed by atoms with E-state index in [1.807, 2.05) is 36.4 Å². The molecule has 2 aliphatic rings. The third-order valence-electron chi connectivity index (χ3n) is 6.63. The molecule has 0 bridgehead atoms. The number of anilines is 2. The zero-order chi connectivity index (χ0) is 26.2. The second-order valence-electron chi connectivity index (χ2n) is 8.97. The van der Waals surface area contributed by atoms with E-state index in [9.17, 15) is 14.4 Å². The lowest BCUT2D eigenvalue weighted by Crippen LogP contribution is -2.37. The fourth-order valence-electron chi connectivity index (χ4n) is 4.90. The van der Waals surface area contributed by atoms with Crippen molar-refractivity contribution >= 4 is 40.8 Å². The molecular formula is C30H21ClN2O5. The number of para-hydroxylation sites is 1. The molecule has 0 spiro atoms. The molecule has 4 aromatic rings. The van der Waals surface area contributed by atoms with Gasteiger partial charge in [0.15, 0.2) is 6.10 Å². The summed E-state index contributed by atoms with van der Waals surface area (Å²) in [4.78, 5) is 46.9. The lowest BCUT2D eigenvalue weighted by molar-refractivity contribution is -0.126. The number of halogens is 1. The third-order valence-corrected chi connectivity index (χ3v) is 6.87. The second-order valence-corrected chi connectivity index (χ2v) is 9.41. The average molecular weight is 525 g/mol. The van der Waals surface area contributed by atoms with Crippen molar-refractivity contribution in [3.05, 3.63) is 125 Å². The van der Waals surface area contributed by atoms with Gasteiger partial charge >= 0.3 is 5.97 Å². The molecular weight excluding hydrogens is 504 g/mol. The topological polar surface area (TPSA) is 76.2 Å². The summed E-state index contributed by atoms with van der Waals surface area (Å²) < 4.78 is 5.51. The predicted octanol–water partition coefficient (Wildman–Crippen LogP) is 5.61. The molecule has 3 atom stereocenters. The molecule has 0 saturated carbocycles. The molecule has 0 aromatic heterocycles. The summed E-state index contributed by atoms with van der Waals surface area (Å²) in [6, 6.07) is 30.9. The van der Waals surface area contributed by atoms with Crippen LogP contribution in [-0.4, -0.2) is 23.9 Å². The monoisotopic (exact) mass is 524 g/mol. The van der Waals surface area contributed by atoms with Crippen LogP contribution in [0.15, 0.2) is 109 Å². The number of ether oxygens (including phenoxy) is 1. The highest BCUT2D eigenvalue weighted by Gasteiger charge is 2.60. The number of hydrogen-bond acceptors (Lipinski definition) is 6. The number of carbonyl (C=O) groups excluding carboxylic acids is 3. The number of hydroxylamine groups is 1. The lowest BCUT2D eigenvalue weighted by atomic mass is 9.90. The van der Waals surface area contributed by atoms with Gasteiger partial charge < -0.3 is 4.74 Å². The van der Waals surface area contributed by atoms with Gasteiger partial charge in [-0.25, -0.2) is 14.8 Å². The minimum absolute atomic E-state index is 0.360. The SMILES string of the molecule is O=C(Oc1ccc([C@@H]2[C@@H]3C(=O)N(c4cccc(Cl)c4)C(=O)[C@@H]3ON2c2ccccc2)cc1)c1ccccc1. The second kappa shape index (κ2) is 9.78. The van der Waals surface area contributed by atoms with Crippen LogP contribution < -0.4 is 14.7 Å². The standard InChI is InChI=1S/C30H21ClN2O5/c31-21-10-7-13-23(18-21)32-28(34)25-26(33(38-27(25)29(32)35)22-11-5-2-6-12-22)19-14-16-24(17-15-19)37-30(36)20-8-3-1-4-9-20/h1-18,25-27H/t25-,26+,27+/m0/s1. The molecule has 0 unspecified atom stereocenters. The minimum Gasteiger partial charge on any atom is -0.423 e. The van der Waals surface area contributed by atoms with Crippen LogP contribution in [-0.2, 0) is 14.4 Å². The first-order valence-corrected chi connectivity index (χ1v) is 12.4. The van der Waals surface area contributed by atoms with Crippen LogP contribution in [0.3, 0.4) is 0 Å². The molecule has 0 aliphatic carbocycles. The lowest BCUT2D eigenvalue weighted by Gasteiger charge is -2.28. The van der Waals surface area contributed by atoms with Gasteiger partial charge in [-0.2, -0.15) is 0 Å². The molecule has 2 aliphatic heterocycles. The Kier molecular flexibility index (Phi) is 6.15. The van der Waals surface area contributed by atoms with Gasteiger partial charge in [-0.15, -0.1) is 0 Å². The van der Waals surface area contributed by atoms with Gasteiger partial charge in [0.1, 0.15) is 11.7 Å². The number of imide groups is 1. The predicted molar refractivity (Wildman–Crippen MR) is 142 cm³/mol. The average Bonchev–Trinajstić information content (AvgIpc) is 3.45. The zero-order valence-electron chi connectivity index (χ0n) is 19.9. The van der Waals surface area contributed by atoms with Crippen molar-refractivity contribution in [2.24, 2.45) is 5.92 Å². The molecule has 2 saturated heterocycles. The number of rotatable bonds is 5. The number of carbonyl (C=O) groups is 3. The Morgan fingerprint density at radius 1 is 0.763 bits per heavy atom. The van der Waals surface area contributed by atoms with Crippen molar-refractivity contribution in [1.29, 1.82) is 0 Å². The molecule has 2 heterocycles. The third kappa shape index (κ3) is 4.22. The number of hydrogen-bond donors (Lipinski definition) is 0. The van der Waals surface area contributed by atoms with Crippen LogP contribution in [0.5, 0.6) is 5.75 Å². The van der Waals surface area contributed by atoms with Gasteiger partial charge in [-0.1, -0.05) is 66.2 Å². The van der Waals surface area contributed by atoms with Crippen LogP contribution in [0.4, 0.5) is 11.4 Å². The van der Waals surface area contributed by atoms with E-state index in [4.69, 9.17) is 21.2 Å². The largest absolute Gasteiger partial charge is 0.423 e. The number of fused-ring (bicyclic) bond motifs is 1. The maximum absolute atomic E-state index is 13.7. The Bertz CT molecular complexity index is 1510. The molecule has 0 radical (unpaired) electrons. The van der Waals surface area contributed by atoms with E-state index in [2.05, 4.69) is 0 Å². The van der Waals surface area contributed by atoms with E-state index < -0.39 is 29.9 Å². The van der Waals surface area contributed by atoms with Crippen molar-refractivity contribution in [3.8, 4) is 5.75 Å². The van der Waals surface area contributed by atoms with Crippen molar-refractivity contribution < 1.29 is 24.0 Å². The van der Waals surface area contributed by atoms with Crippen LogP contribution in [0, 0.1) is 5.92 Å². The van der Waals surface area contributed by atoms with E-state index in [1.54, 1.807) is 77.9 Å². The zero-order valence-corrected chi connectivity index (χ0v) is 20.7. The molecule has 4 aromatic carbocycles. The van der Waals surface area contributed by atoms with E-state index in [0.717, 1.165) is 10.5 Å². The van der Waals surface area contributed by atoms with Gasteiger partial charge in [-0.3, -0.25) is 14.4 Å². The quantitative estimate of drug-likeness (QED) is 0.192. The first-order chi connectivity index (χ1) is 18.5. The van der Waals surface area contributed by atoms with Gasteiger partial charge in [0.25, 0.3) is 5.91 Å². The highest BCUT2D eigenvalue weighted by atomic mass is 35.5. The van der Waals surface area contributed by atoms with E-state index in [1.165, 1.54) is 0 Å². The van der Waals surface area contributed by atoms with Gasteiger partial charge in [0.05, 0.1) is 23.0 Å². The fraction of sp³-hybridized carbons (Fsp3) is 0.100. The minimum atomic E-state index is -0.998. The summed E-state index contributed by atoms with van der Waals surface area (Å²) in [6.45, 7) is 0. The van der Waals surface area contributed by atoms with Gasteiger partial charge in [0.2, 0.25) is 5.91 Å². The summed E-state index contributed by atoms with van der Waals surface area (Å²) in [5.41, 5.74) is 2.28. The summed E-state index contributed by atoms with van der Waals surface area (Å²) in [6.07, 6.45) is -0.998. The molecule has 8 heteroatoms. The molecule has 7 nitrogen and oxygen atoms in total. The number of benzene rings is 4. The molecule has 188 valence electrons. The molecule has 6 rings (SSSR count). The smallest absolute Gasteiger partial charge is 0.343 e. The van der Waals surface area contributed by atoms with Crippen LogP contribution in [0.2, 0.25) is 5.02 Å². The maximum Gasteiger partial charge on any atom is 0.343 e. The van der Waals surface area contributed by atoms with Crippen LogP contribution in [0.1, 0.15) is 22.0 Å². The Morgan fingerprint density at radius 3 is 2.11 bits per heavy atom. The first-order valence-electron chi connectivity index (χ1n) is 12.0. The highest BCUT2D eigenvalue weighted by Crippen LogP contribution is 2.47. The maximum atomic E-state index is 13.7. The fourth-order valence-corrected chi connectivity index (χ4v) is 5.08. The Hall–Kier alpha value is -4.46. The molecule has 2 amide bonds. The Labute approximate surface area is 223 Å². The van der Waals surface area contributed by atoms with E-state index in [-0.39, 0.29) is 5.91 Å². The highest BCUT2D eigenvalue weighted by molar-refractivity contribution is 6.31. The molecule has 0 N–H and O–H groups in total. The van der Waals surface area contributed by atoms with Gasteiger partial charge in [0, 0.05) is 5.02 Å². The van der Waals surface area contributed by atoms with E-state index >= 15 is 0 Å². The summed E-state index contributed by atoms with van der Waals surface area (Å²) >= 11 is 6.13. The van der Waals surface area contributed by atoms with Crippen molar-refractivity contribution in [2.45, 2.75) is 12.1 Å². The summed E-state index contributed by atoms with van der Waals surface area (Å²) in [5.74, 6) is -1.72.